The first-order valence-electron chi connectivity index (χ1n) is 16.4. The van der Waals surface area contributed by atoms with Gasteiger partial charge in [-0.25, -0.2) is 19.0 Å². The summed E-state index contributed by atoms with van der Waals surface area (Å²) in [5, 5.41) is 25.7. The van der Waals surface area contributed by atoms with Crippen LogP contribution in [0.2, 0.25) is 30.7 Å². The van der Waals surface area contributed by atoms with Crippen LogP contribution >= 0.6 is 11.6 Å². The van der Waals surface area contributed by atoms with Crippen LogP contribution in [0.5, 0.6) is 0 Å². The average Bonchev–Trinajstić information content (AvgIpc) is 3.59. The van der Waals surface area contributed by atoms with Gasteiger partial charge in [-0.2, -0.15) is 5.10 Å². The van der Waals surface area contributed by atoms with Gasteiger partial charge in [0.15, 0.2) is 11.5 Å². The SMILES string of the molecule is CC(NC(=O)c1c(NC(=O)OC(C)(C)C)nn2cccnc12)c1cc(Cl)c2cn(COCC[Si](C)(C)C)nc2c1N1CCC(C(=O)O)CC1. The Bertz CT molecular complexity index is 1860. The van der Waals surface area contributed by atoms with Crippen molar-refractivity contribution in [3.05, 3.63) is 46.9 Å². The van der Waals surface area contributed by atoms with Gasteiger partial charge in [0.1, 0.15) is 23.4 Å². The van der Waals surface area contributed by atoms with E-state index in [2.05, 4.69) is 45.3 Å². The van der Waals surface area contributed by atoms with Crippen molar-refractivity contribution in [1.29, 1.82) is 0 Å². The highest BCUT2D eigenvalue weighted by molar-refractivity contribution is 6.76. The molecule has 0 radical (unpaired) electrons. The van der Waals surface area contributed by atoms with Crippen molar-refractivity contribution in [3.63, 3.8) is 0 Å². The summed E-state index contributed by atoms with van der Waals surface area (Å²) < 4.78 is 14.5. The Morgan fingerprint density at radius 1 is 1.16 bits per heavy atom. The monoisotopic (exact) mass is 712 g/mol. The van der Waals surface area contributed by atoms with Crippen LogP contribution < -0.4 is 15.5 Å². The van der Waals surface area contributed by atoms with E-state index < -0.39 is 43.6 Å². The summed E-state index contributed by atoms with van der Waals surface area (Å²) in [6, 6.07) is 3.90. The van der Waals surface area contributed by atoms with Crippen LogP contribution in [0.1, 0.15) is 62.5 Å². The molecule has 0 saturated carbocycles. The number of amides is 2. The lowest BCUT2D eigenvalue weighted by Gasteiger charge is -2.34. The van der Waals surface area contributed by atoms with Crippen LogP contribution in [0, 0.1) is 5.92 Å². The number of aliphatic carboxylic acids is 1. The lowest BCUT2D eigenvalue weighted by molar-refractivity contribution is -0.142. The maximum absolute atomic E-state index is 14.0. The van der Waals surface area contributed by atoms with Crippen molar-refractivity contribution in [2.75, 3.05) is 29.9 Å². The molecule has 2 amide bonds. The molecule has 3 N–H and O–H groups in total. The first-order valence-corrected chi connectivity index (χ1v) is 20.5. The van der Waals surface area contributed by atoms with Crippen LogP contribution in [-0.4, -0.2) is 80.8 Å². The predicted molar refractivity (Wildman–Crippen MR) is 190 cm³/mol. The van der Waals surface area contributed by atoms with E-state index in [0.717, 1.165) is 17.1 Å². The van der Waals surface area contributed by atoms with Crippen LogP contribution in [0.15, 0.2) is 30.7 Å². The van der Waals surface area contributed by atoms with Crippen molar-refractivity contribution >= 4 is 65.7 Å². The largest absolute Gasteiger partial charge is 0.481 e. The number of rotatable bonds is 11. The highest BCUT2D eigenvalue weighted by Crippen LogP contribution is 2.40. The number of ether oxygens (including phenoxy) is 2. The van der Waals surface area contributed by atoms with Gasteiger partial charge in [0, 0.05) is 57.3 Å². The number of carbonyl (C=O) groups excluding carboxylic acids is 2. The second-order valence-electron chi connectivity index (χ2n) is 14.6. The molecule has 1 aromatic carbocycles. The van der Waals surface area contributed by atoms with E-state index in [9.17, 15) is 19.5 Å². The topological polar surface area (TPSA) is 165 Å². The summed E-state index contributed by atoms with van der Waals surface area (Å²) in [4.78, 5) is 44.9. The maximum Gasteiger partial charge on any atom is 0.413 e. The number of aromatic nitrogens is 5. The molecule has 4 aromatic rings. The second-order valence-corrected chi connectivity index (χ2v) is 20.6. The number of nitrogens with zero attached hydrogens (tertiary/aromatic N) is 6. The first kappa shape index (κ1) is 36.1. The minimum atomic E-state index is -1.27. The van der Waals surface area contributed by atoms with Gasteiger partial charge in [-0.3, -0.25) is 14.9 Å². The number of carboxylic acid groups (broad SMARTS) is 1. The molecule has 0 aliphatic carbocycles. The lowest BCUT2D eigenvalue weighted by Crippen LogP contribution is -2.38. The number of carbonyl (C=O) groups is 3. The maximum atomic E-state index is 14.0. The number of hydrogen-bond donors (Lipinski definition) is 3. The molecule has 0 spiro atoms. The minimum Gasteiger partial charge on any atom is -0.481 e. The number of halogens is 1. The molecule has 14 nitrogen and oxygen atoms in total. The molecule has 3 aromatic heterocycles. The molecule has 1 saturated heterocycles. The lowest BCUT2D eigenvalue weighted by atomic mass is 9.94. The number of anilines is 2. The van der Waals surface area contributed by atoms with E-state index in [1.807, 2.05) is 19.2 Å². The second kappa shape index (κ2) is 14.3. The minimum absolute atomic E-state index is 0.00466. The summed E-state index contributed by atoms with van der Waals surface area (Å²) in [5.74, 6) is -1.77. The summed E-state index contributed by atoms with van der Waals surface area (Å²) in [5.41, 5.74) is 1.65. The van der Waals surface area contributed by atoms with Gasteiger partial charge in [-0.15, -0.1) is 5.10 Å². The normalized spacial score (nSPS) is 15.1. The fourth-order valence-electron chi connectivity index (χ4n) is 5.74. The molecule has 264 valence electrons. The van der Waals surface area contributed by atoms with Crippen LogP contribution in [0.25, 0.3) is 16.6 Å². The Balaban J connectivity index is 1.49. The van der Waals surface area contributed by atoms with Gasteiger partial charge in [-0.1, -0.05) is 31.2 Å². The first-order chi connectivity index (χ1) is 23.0. The van der Waals surface area contributed by atoms with Gasteiger partial charge in [0.2, 0.25) is 0 Å². The number of benzene rings is 1. The van der Waals surface area contributed by atoms with Crippen LogP contribution in [0.3, 0.4) is 0 Å². The van der Waals surface area contributed by atoms with Gasteiger partial charge in [0.25, 0.3) is 5.91 Å². The molecule has 5 rings (SSSR count). The van der Waals surface area contributed by atoms with E-state index in [1.54, 1.807) is 37.7 Å². The number of piperidine rings is 1. The molecule has 16 heteroatoms. The van der Waals surface area contributed by atoms with Gasteiger partial charge in [0.05, 0.1) is 22.7 Å². The molecule has 49 heavy (non-hydrogen) atoms. The van der Waals surface area contributed by atoms with Gasteiger partial charge < -0.3 is 24.8 Å². The zero-order valence-electron chi connectivity index (χ0n) is 29.0. The third-order valence-electron chi connectivity index (χ3n) is 8.24. The van der Waals surface area contributed by atoms with Gasteiger partial charge >= 0.3 is 12.1 Å². The zero-order valence-corrected chi connectivity index (χ0v) is 30.8. The van der Waals surface area contributed by atoms with Crippen LogP contribution in [-0.2, 0) is 21.0 Å². The molecule has 1 aliphatic rings. The molecule has 4 heterocycles. The Morgan fingerprint density at radius 3 is 2.53 bits per heavy atom. The van der Waals surface area contributed by atoms with Crippen molar-refractivity contribution in [2.45, 2.75) is 84.6 Å². The highest BCUT2D eigenvalue weighted by atomic mass is 35.5. The molecule has 1 aliphatic heterocycles. The number of hydrogen-bond acceptors (Lipinski definition) is 9. The Morgan fingerprint density at radius 2 is 1.88 bits per heavy atom. The number of carboxylic acids is 1. The molecule has 0 bridgehead atoms. The Labute approximate surface area is 291 Å². The molecule has 1 atom stereocenters. The summed E-state index contributed by atoms with van der Waals surface area (Å²) in [6.07, 6.45) is 5.18. The summed E-state index contributed by atoms with van der Waals surface area (Å²) in [7, 11) is -1.27. The van der Waals surface area contributed by atoms with Crippen molar-refractivity contribution in [2.24, 2.45) is 5.92 Å². The van der Waals surface area contributed by atoms with Crippen molar-refractivity contribution in [1.82, 2.24) is 29.7 Å². The smallest absolute Gasteiger partial charge is 0.413 e. The molecular formula is C33H45ClN8O6Si. The summed E-state index contributed by atoms with van der Waals surface area (Å²) >= 11 is 6.88. The van der Waals surface area contributed by atoms with E-state index in [4.69, 9.17) is 26.2 Å². The van der Waals surface area contributed by atoms with Crippen LogP contribution in [0.4, 0.5) is 16.3 Å². The molecule has 1 unspecified atom stereocenters. The molecular weight excluding hydrogens is 668 g/mol. The standard InChI is InChI=1S/C33H45ClN8O6Si/c1-20(36-30(43)25-28(37-32(46)48-33(2,3)4)39-42-12-8-11-35-29(25)42)22-17-24(34)23-18-41(19-47-15-16-49(5,6)7)38-26(23)27(22)40-13-9-21(10-14-40)31(44)45/h8,11-12,17-18,20-21H,9-10,13-16,19H2,1-7H3,(H,36,43)(H,44,45)(H,37,39,46). The molecule has 1 fully saturated rings. The number of fused-ring (bicyclic) bond motifs is 2. The van der Waals surface area contributed by atoms with E-state index in [1.165, 1.54) is 10.7 Å². The quantitative estimate of drug-likeness (QED) is 0.121. The summed E-state index contributed by atoms with van der Waals surface area (Å²) in [6.45, 7) is 15.8. The zero-order chi connectivity index (χ0) is 35.7. The fraction of sp³-hybridized carbons (Fsp3) is 0.515. The van der Waals surface area contributed by atoms with E-state index in [-0.39, 0.29) is 23.8 Å². The predicted octanol–water partition coefficient (Wildman–Crippen LogP) is 6.18. The van der Waals surface area contributed by atoms with E-state index in [0.29, 0.717) is 48.6 Å². The third kappa shape index (κ3) is 8.69. The average molecular weight is 713 g/mol. The van der Waals surface area contributed by atoms with Crippen molar-refractivity contribution < 1.29 is 29.0 Å². The van der Waals surface area contributed by atoms with Crippen molar-refractivity contribution in [3.8, 4) is 0 Å². The Hall–Kier alpha value is -4.21. The Kier molecular flexibility index (Phi) is 10.6. The fourth-order valence-corrected chi connectivity index (χ4v) is 6.75. The van der Waals surface area contributed by atoms with Gasteiger partial charge in [-0.05, 0) is 58.7 Å². The number of nitrogens with one attached hydrogen (secondary N) is 2. The van der Waals surface area contributed by atoms with E-state index >= 15 is 0 Å². The third-order valence-corrected chi connectivity index (χ3v) is 10.3. The highest BCUT2D eigenvalue weighted by Gasteiger charge is 2.31.